The van der Waals surface area contributed by atoms with Crippen LogP contribution in [0.5, 0.6) is 0 Å². The van der Waals surface area contributed by atoms with Crippen LogP contribution in [0.15, 0.2) is 30.3 Å². The number of benzene rings is 1. The van der Waals surface area contributed by atoms with Crippen LogP contribution in [0.2, 0.25) is 0 Å². The van der Waals surface area contributed by atoms with E-state index in [4.69, 9.17) is 0 Å². The summed E-state index contributed by atoms with van der Waals surface area (Å²) in [5.41, 5.74) is 1.40. The minimum absolute atomic E-state index is 0.968. The molecule has 0 aromatic heterocycles. The van der Waals surface area contributed by atoms with Gasteiger partial charge in [0.1, 0.15) is 0 Å². The third kappa shape index (κ3) is 4.22. The Morgan fingerprint density at radius 2 is 2.00 bits per heavy atom. The highest BCUT2D eigenvalue weighted by molar-refractivity contribution is 5.14. The van der Waals surface area contributed by atoms with Crippen molar-refractivity contribution in [3.8, 4) is 12.0 Å². The van der Waals surface area contributed by atoms with E-state index in [1.807, 2.05) is 13.1 Å². The zero-order valence-corrected chi connectivity index (χ0v) is 8.01. The monoisotopic (exact) mass is 173 g/mol. The molecule has 0 atom stereocenters. The van der Waals surface area contributed by atoms with Crippen molar-refractivity contribution >= 4 is 0 Å². The number of hydrogen-bond donors (Lipinski definition) is 1. The fraction of sp³-hybridized carbons (Fsp3) is 0.333. The second-order valence-electron chi connectivity index (χ2n) is 2.89. The average Bonchev–Trinajstić information content (AvgIpc) is 2.19. The van der Waals surface area contributed by atoms with Gasteiger partial charge in [0.2, 0.25) is 0 Å². The van der Waals surface area contributed by atoms with Crippen molar-refractivity contribution in [2.75, 3.05) is 7.05 Å². The molecule has 0 fully saturated rings. The molecule has 13 heavy (non-hydrogen) atoms. The molecule has 1 aromatic rings. The highest BCUT2D eigenvalue weighted by Crippen LogP contribution is 2.03. The van der Waals surface area contributed by atoms with Crippen molar-refractivity contribution < 1.29 is 0 Å². The molecular formula is C12H15N. The Morgan fingerprint density at radius 1 is 1.23 bits per heavy atom. The van der Waals surface area contributed by atoms with Gasteiger partial charge in [-0.1, -0.05) is 36.3 Å². The maximum Gasteiger partial charge on any atom is 0.0116 e. The van der Waals surface area contributed by atoms with E-state index < -0.39 is 0 Å². The normalized spacial score (nSPS) is 8.69. The van der Waals surface area contributed by atoms with Gasteiger partial charge in [0.25, 0.3) is 0 Å². The SMILES string of the molecule is CNC#CCCCc1ccccc1. The highest BCUT2D eigenvalue weighted by Gasteiger charge is 1.88. The smallest absolute Gasteiger partial charge is 0.0116 e. The topological polar surface area (TPSA) is 12.0 Å². The molecular weight excluding hydrogens is 158 g/mol. The molecule has 0 spiro atoms. The molecule has 1 heteroatoms. The van der Waals surface area contributed by atoms with Crippen molar-refractivity contribution in [1.82, 2.24) is 5.32 Å². The lowest BCUT2D eigenvalue weighted by atomic mass is 10.1. The van der Waals surface area contributed by atoms with Gasteiger partial charge in [-0.15, -0.1) is 0 Å². The second-order valence-corrected chi connectivity index (χ2v) is 2.89. The molecule has 1 nitrogen and oxygen atoms in total. The number of rotatable bonds is 3. The number of unbranched alkanes of at least 4 members (excludes halogenated alkanes) is 1. The number of hydrogen-bond acceptors (Lipinski definition) is 1. The first-order valence-corrected chi connectivity index (χ1v) is 4.62. The Labute approximate surface area is 80.2 Å². The van der Waals surface area contributed by atoms with E-state index in [1.54, 1.807) is 0 Å². The minimum atomic E-state index is 0.968. The standard InChI is InChI=1S/C12H15N/c1-13-11-7-3-6-10-12-8-4-2-5-9-12/h2,4-5,8-9,13H,3,6,10H2,1H3. The van der Waals surface area contributed by atoms with Gasteiger partial charge < -0.3 is 5.32 Å². The van der Waals surface area contributed by atoms with Crippen LogP contribution in [0.1, 0.15) is 18.4 Å². The summed E-state index contributed by atoms with van der Waals surface area (Å²) in [5, 5.41) is 2.81. The molecule has 0 aliphatic carbocycles. The Bertz CT molecular complexity index is 279. The largest absolute Gasteiger partial charge is 0.349 e. The van der Waals surface area contributed by atoms with Crippen molar-refractivity contribution in [1.29, 1.82) is 0 Å². The van der Waals surface area contributed by atoms with E-state index in [2.05, 4.69) is 41.5 Å². The molecule has 0 unspecified atom stereocenters. The van der Waals surface area contributed by atoms with Gasteiger partial charge in [-0.2, -0.15) is 0 Å². The molecule has 0 aliphatic rings. The van der Waals surface area contributed by atoms with E-state index in [0.717, 1.165) is 19.3 Å². The lowest BCUT2D eigenvalue weighted by Crippen LogP contribution is -1.92. The van der Waals surface area contributed by atoms with Crippen LogP contribution in [0.25, 0.3) is 0 Å². The van der Waals surface area contributed by atoms with Gasteiger partial charge in [0, 0.05) is 19.5 Å². The van der Waals surface area contributed by atoms with Crippen LogP contribution >= 0.6 is 0 Å². The van der Waals surface area contributed by atoms with Crippen LogP contribution in [0.4, 0.5) is 0 Å². The lowest BCUT2D eigenvalue weighted by molar-refractivity contribution is 0.856. The first kappa shape index (κ1) is 9.67. The van der Waals surface area contributed by atoms with E-state index >= 15 is 0 Å². The van der Waals surface area contributed by atoms with Gasteiger partial charge in [0.15, 0.2) is 0 Å². The molecule has 0 amide bonds. The van der Waals surface area contributed by atoms with Crippen LogP contribution in [-0.4, -0.2) is 7.05 Å². The maximum atomic E-state index is 3.04. The summed E-state index contributed by atoms with van der Waals surface area (Å²) >= 11 is 0. The van der Waals surface area contributed by atoms with Gasteiger partial charge in [0.05, 0.1) is 0 Å². The second kappa shape index (κ2) is 6.14. The molecule has 1 rings (SSSR count). The van der Waals surface area contributed by atoms with Gasteiger partial charge in [-0.25, -0.2) is 0 Å². The summed E-state index contributed by atoms with van der Waals surface area (Å²) < 4.78 is 0. The fourth-order valence-electron chi connectivity index (χ4n) is 1.18. The summed E-state index contributed by atoms with van der Waals surface area (Å²) in [4.78, 5) is 0. The molecule has 1 aromatic carbocycles. The Kier molecular flexibility index (Phi) is 4.56. The first-order valence-electron chi connectivity index (χ1n) is 4.62. The Hall–Kier alpha value is -1.42. The predicted octanol–water partition coefficient (Wildman–Crippen LogP) is 2.19. The fourth-order valence-corrected chi connectivity index (χ4v) is 1.18. The van der Waals surface area contributed by atoms with Crippen LogP contribution < -0.4 is 5.32 Å². The van der Waals surface area contributed by atoms with E-state index in [-0.39, 0.29) is 0 Å². The van der Waals surface area contributed by atoms with E-state index in [9.17, 15) is 0 Å². The Balaban J connectivity index is 2.20. The van der Waals surface area contributed by atoms with Gasteiger partial charge in [-0.3, -0.25) is 0 Å². The summed E-state index contributed by atoms with van der Waals surface area (Å²) in [7, 11) is 1.84. The summed E-state index contributed by atoms with van der Waals surface area (Å²) in [6, 6.07) is 13.4. The van der Waals surface area contributed by atoms with E-state index in [1.165, 1.54) is 5.56 Å². The highest BCUT2D eigenvalue weighted by atomic mass is 14.8. The lowest BCUT2D eigenvalue weighted by Gasteiger charge is -1.96. The quantitative estimate of drug-likeness (QED) is 0.420. The molecule has 0 bridgehead atoms. The zero-order chi connectivity index (χ0) is 9.36. The van der Waals surface area contributed by atoms with Crippen LogP contribution in [0.3, 0.4) is 0 Å². The van der Waals surface area contributed by atoms with Crippen LogP contribution in [-0.2, 0) is 6.42 Å². The molecule has 0 radical (unpaired) electrons. The minimum Gasteiger partial charge on any atom is -0.349 e. The summed E-state index contributed by atoms with van der Waals surface area (Å²) in [6.45, 7) is 0. The summed E-state index contributed by atoms with van der Waals surface area (Å²) in [6.07, 6.45) is 3.23. The Morgan fingerprint density at radius 3 is 2.69 bits per heavy atom. The van der Waals surface area contributed by atoms with Crippen molar-refractivity contribution in [3.05, 3.63) is 35.9 Å². The van der Waals surface area contributed by atoms with Gasteiger partial charge in [-0.05, 0) is 18.4 Å². The summed E-state index contributed by atoms with van der Waals surface area (Å²) in [5.74, 6) is 3.04. The first-order chi connectivity index (χ1) is 6.43. The molecule has 0 heterocycles. The molecule has 0 aliphatic heterocycles. The van der Waals surface area contributed by atoms with Crippen molar-refractivity contribution in [2.24, 2.45) is 0 Å². The molecule has 68 valence electrons. The third-order valence-electron chi connectivity index (χ3n) is 1.82. The van der Waals surface area contributed by atoms with Crippen molar-refractivity contribution in [3.63, 3.8) is 0 Å². The number of aryl methyl sites for hydroxylation is 1. The predicted molar refractivity (Wildman–Crippen MR) is 56.2 cm³/mol. The molecule has 1 N–H and O–H groups in total. The van der Waals surface area contributed by atoms with E-state index in [0.29, 0.717) is 0 Å². The third-order valence-corrected chi connectivity index (χ3v) is 1.82. The number of nitrogens with one attached hydrogen (secondary N) is 1. The average molecular weight is 173 g/mol. The molecule has 0 saturated carbocycles. The molecule has 0 saturated heterocycles. The van der Waals surface area contributed by atoms with Crippen LogP contribution in [0, 0.1) is 12.0 Å². The van der Waals surface area contributed by atoms with Crippen molar-refractivity contribution in [2.45, 2.75) is 19.3 Å². The zero-order valence-electron chi connectivity index (χ0n) is 8.01. The maximum absolute atomic E-state index is 3.04. The van der Waals surface area contributed by atoms with Gasteiger partial charge >= 0.3 is 0 Å².